The van der Waals surface area contributed by atoms with Crippen molar-refractivity contribution in [2.24, 2.45) is 0 Å². The Morgan fingerprint density at radius 2 is 2.14 bits per heavy atom. The van der Waals surface area contributed by atoms with E-state index in [1.165, 1.54) is 16.6 Å². The van der Waals surface area contributed by atoms with E-state index in [1.54, 1.807) is 24.3 Å². The van der Waals surface area contributed by atoms with Gasteiger partial charge in [0.1, 0.15) is 0 Å². The van der Waals surface area contributed by atoms with Crippen molar-refractivity contribution in [2.45, 2.75) is 6.42 Å². The van der Waals surface area contributed by atoms with Crippen molar-refractivity contribution >= 4 is 38.9 Å². The van der Waals surface area contributed by atoms with Gasteiger partial charge in [-0.05, 0) is 36.8 Å². The van der Waals surface area contributed by atoms with E-state index in [4.69, 9.17) is 16.0 Å². The fourth-order valence-corrected chi connectivity index (χ4v) is 4.01. The lowest BCUT2D eigenvalue weighted by molar-refractivity contribution is 0.0996. The number of amides is 1. The fraction of sp³-hybridized carbons (Fsp3) is 0.214. The molecule has 1 aliphatic heterocycles. The number of carbonyl (C=O) groups is 1. The maximum atomic E-state index is 12.0. The number of sulfonamides is 1. The molecule has 3 rings (SSSR count). The third kappa shape index (κ3) is 2.82. The van der Waals surface area contributed by atoms with Crippen molar-refractivity contribution in [3.05, 3.63) is 47.4 Å². The van der Waals surface area contributed by atoms with Gasteiger partial charge in [0.15, 0.2) is 5.76 Å². The molecule has 0 atom stereocenters. The average Bonchev–Trinajstić information content (AvgIpc) is 3.10. The van der Waals surface area contributed by atoms with Crippen LogP contribution in [-0.4, -0.2) is 26.6 Å². The fourth-order valence-electron chi connectivity index (χ4n) is 2.29. The molecule has 1 saturated heterocycles. The summed E-state index contributed by atoms with van der Waals surface area (Å²) >= 11 is 6.07. The van der Waals surface area contributed by atoms with Crippen molar-refractivity contribution in [3.8, 4) is 0 Å². The van der Waals surface area contributed by atoms with Crippen molar-refractivity contribution < 1.29 is 17.6 Å². The van der Waals surface area contributed by atoms with Crippen LogP contribution >= 0.6 is 11.6 Å². The summed E-state index contributed by atoms with van der Waals surface area (Å²) in [5, 5.41) is 2.94. The molecule has 2 heterocycles. The Labute approximate surface area is 132 Å². The molecule has 0 spiro atoms. The first-order chi connectivity index (χ1) is 10.5. The van der Waals surface area contributed by atoms with Gasteiger partial charge >= 0.3 is 0 Å². The lowest BCUT2D eigenvalue weighted by Crippen LogP contribution is -2.25. The van der Waals surface area contributed by atoms with E-state index in [2.05, 4.69) is 5.32 Å². The van der Waals surface area contributed by atoms with Gasteiger partial charge in [0, 0.05) is 6.54 Å². The smallest absolute Gasteiger partial charge is 0.291 e. The molecular weight excluding hydrogens is 328 g/mol. The highest BCUT2D eigenvalue weighted by Crippen LogP contribution is 2.31. The van der Waals surface area contributed by atoms with Crippen molar-refractivity contribution in [3.63, 3.8) is 0 Å². The molecule has 0 unspecified atom stereocenters. The van der Waals surface area contributed by atoms with E-state index in [9.17, 15) is 13.2 Å². The van der Waals surface area contributed by atoms with Gasteiger partial charge in [-0.25, -0.2) is 8.42 Å². The molecule has 2 aromatic rings. The molecule has 1 aliphatic rings. The molecule has 1 aromatic heterocycles. The molecule has 8 heteroatoms. The molecular formula is C14H13ClN2O4S. The number of carbonyl (C=O) groups excluding carboxylic acids is 1. The van der Waals surface area contributed by atoms with E-state index in [0.29, 0.717) is 29.4 Å². The average molecular weight is 341 g/mol. The van der Waals surface area contributed by atoms with Crippen LogP contribution in [0.2, 0.25) is 5.02 Å². The van der Waals surface area contributed by atoms with Crippen molar-refractivity contribution in [2.75, 3.05) is 21.9 Å². The maximum Gasteiger partial charge on any atom is 0.291 e. The number of nitrogens with zero attached hydrogens (tertiary/aromatic N) is 1. The molecule has 0 radical (unpaired) electrons. The summed E-state index contributed by atoms with van der Waals surface area (Å²) in [4.78, 5) is 12.0. The van der Waals surface area contributed by atoms with Crippen LogP contribution in [0, 0.1) is 0 Å². The van der Waals surface area contributed by atoms with Crippen LogP contribution in [-0.2, 0) is 10.0 Å². The van der Waals surface area contributed by atoms with E-state index in [-0.39, 0.29) is 11.5 Å². The quantitative estimate of drug-likeness (QED) is 0.931. The Bertz CT molecular complexity index is 802. The topological polar surface area (TPSA) is 79.6 Å². The van der Waals surface area contributed by atoms with Crippen LogP contribution in [0.1, 0.15) is 17.0 Å². The second kappa shape index (κ2) is 5.66. The third-order valence-electron chi connectivity index (χ3n) is 3.33. The van der Waals surface area contributed by atoms with Gasteiger partial charge in [-0.3, -0.25) is 9.10 Å². The lowest BCUT2D eigenvalue weighted by Gasteiger charge is -2.18. The second-order valence-corrected chi connectivity index (χ2v) is 7.26. The molecule has 1 aromatic carbocycles. The minimum absolute atomic E-state index is 0.129. The summed E-state index contributed by atoms with van der Waals surface area (Å²) < 4.78 is 30.3. The van der Waals surface area contributed by atoms with Gasteiger partial charge < -0.3 is 9.73 Å². The van der Waals surface area contributed by atoms with Gasteiger partial charge in [-0.1, -0.05) is 11.6 Å². The molecule has 1 fully saturated rings. The molecule has 1 amide bonds. The molecule has 22 heavy (non-hydrogen) atoms. The molecule has 6 nitrogen and oxygen atoms in total. The largest absolute Gasteiger partial charge is 0.459 e. The predicted molar refractivity (Wildman–Crippen MR) is 83.9 cm³/mol. The summed E-state index contributed by atoms with van der Waals surface area (Å²) in [5.41, 5.74) is 0.819. The molecule has 0 aliphatic carbocycles. The summed E-state index contributed by atoms with van der Waals surface area (Å²) in [6.45, 7) is 0.426. The number of hydrogen-bond donors (Lipinski definition) is 1. The molecule has 116 valence electrons. The summed E-state index contributed by atoms with van der Waals surface area (Å²) in [6, 6.07) is 7.85. The first-order valence-corrected chi connectivity index (χ1v) is 8.61. The minimum Gasteiger partial charge on any atom is -0.459 e. The van der Waals surface area contributed by atoms with Crippen LogP contribution in [0.15, 0.2) is 41.0 Å². The maximum absolute atomic E-state index is 12.0. The highest BCUT2D eigenvalue weighted by molar-refractivity contribution is 7.93. The first kappa shape index (κ1) is 14.9. The molecule has 0 saturated carbocycles. The van der Waals surface area contributed by atoms with Crippen LogP contribution < -0.4 is 9.62 Å². The predicted octanol–water partition coefficient (Wildman–Crippen LogP) is 2.73. The van der Waals surface area contributed by atoms with Crippen LogP contribution in [0.4, 0.5) is 11.4 Å². The monoisotopic (exact) mass is 340 g/mol. The Hall–Kier alpha value is -1.99. The zero-order valence-corrected chi connectivity index (χ0v) is 13.0. The normalized spacial score (nSPS) is 16.7. The Kier molecular flexibility index (Phi) is 3.84. The molecule has 0 bridgehead atoms. The SMILES string of the molecule is O=C(Nc1cc(N2CCCS2(=O)=O)ccc1Cl)c1ccco1. The number of anilines is 2. The van der Waals surface area contributed by atoms with E-state index in [1.807, 2.05) is 0 Å². The van der Waals surface area contributed by atoms with Crippen molar-refractivity contribution in [1.82, 2.24) is 0 Å². The zero-order chi connectivity index (χ0) is 15.7. The number of benzene rings is 1. The number of furan rings is 1. The van der Waals surface area contributed by atoms with Crippen LogP contribution in [0.5, 0.6) is 0 Å². The highest BCUT2D eigenvalue weighted by atomic mass is 35.5. The third-order valence-corrected chi connectivity index (χ3v) is 5.53. The standard InChI is InChI=1S/C14H13ClN2O4S/c15-11-5-4-10(17-6-2-8-22(17,19)20)9-12(11)16-14(18)13-3-1-7-21-13/h1,3-5,7,9H,2,6,8H2,(H,16,18). The Morgan fingerprint density at radius 3 is 2.77 bits per heavy atom. The number of hydrogen-bond acceptors (Lipinski definition) is 4. The Balaban J connectivity index is 1.89. The second-order valence-electron chi connectivity index (χ2n) is 4.84. The lowest BCUT2D eigenvalue weighted by atomic mass is 10.2. The van der Waals surface area contributed by atoms with E-state index in [0.717, 1.165) is 0 Å². The van der Waals surface area contributed by atoms with Gasteiger partial charge in [0.2, 0.25) is 10.0 Å². The molecule has 1 N–H and O–H groups in total. The van der Waals surface area contributed by atoms with Gasteiger partial charge in [0.05, 0.1) is 28.4 Å². The van der Waals surface area contributed by atoms with Crippen LogP contribution in [0.25, 0.3) is 0 Å². The highest BCUT2D eigenvalue weighted by Gasteiger charge is 2.28. The van der Waals surface area contributed by atoms with Gasteiger partial charge in [-0.2, -0.15) is 0 Å². The van der Waals surface area contributed by atoms with Gasteiger partial charge in [0.25, 0.3) is 5.91 Å². The van der Waals surface area contributed by atoms with Crippen molar-refractivity contribution in [1.29, 1.82) is 0 Å². The summed E-state index contributed by atoms with van der Waals surface area (Å²) in [5.74, 6) is -0.174. The van der Waals surface area contributed by atoms with Crippen LogP contribution in [0.3, 0.4) is 0 Å². The number of halogens is 1. The number of nitrogens with one attached hydrogen (secondary N) is 1. The Morgan fingerprint density at radius 1 is 1.32 bits per heavy atom. The zero-order valence-electron chi connectivity index (χ0n) is 11.5. The first-order valence-electron chi connectivity index (χ1n) is 6.62. The van der Waals surface area contributed by atoms with E-state index < -0.39 is 15.9 Å². The number of rotatable bonds is 3. The van der Waals surface area contributed by atoms with E-state index >= 15 is 0 Å². The minimum atomic E-state index is -3.28. The van der Waals surface area contributed by atoms with Gasteiger partial charge in [-0.15, -0.1) is 0 Å². The summed E-state index contributed by atoms with van der Waals surface area (Å²) in [6.07, 6.45) is 1.97. The summed E-state index contributed by atoms with van der Waals surface area (Å²) in [7, 11) is -3.28.